The smallest absolute Gasteiger partial charge is 0.258 e. The van der Waals surface area contributed by atoms with Gasteiger partial charge in [-0.2, -0.15) is 9.97 Å². The predicted octanol–water partition coefficient (Wildman–Crippen LogP) is 2.49. The van der Waals surface area contributed by atoms with E-state index in [1.54, 1.807) is 25.4 Å². The maximum atomic E-state index is 12.8. The first-order chi connectivity index (χ1) is 14.5. The zero-order valence-electron chi connectivity index (χ0n) is 16.6. The molecule has 0 bridgehead atoms. The largest absolute Gasteiger partial charge is 0.480 e. The van der Waals surface area contributed by atoms with Gasteiger partial charge < -0.3 is 19.8 Å². The molecule has 4 aromatic heterocycles. The van der Waals surface area contributed by atoms with Crippen LogP contribution in [0.25, 0.3) is 33.5 Å². The summed E-state index contributed by atoms with van der Waals surface area (Å²) in [5, 5.41) is 11.4. The summed E-state index contributed by atoms with van der Waals surface area (Å²) in [7, 11) is 3.13. The lowest BCUT2D eigenvalue weighted by Gasteiger charge is -2.13. The van der Waals surface area contributed by atoms with Crippen LogP contribution in [0.4, 0.5) is 14.7 Å². The molecule has 1 atom stereocenters. The lowest BCUT2D eigenvalue weighted by atomic mass is 10.1. The zero-order chi connectivity index (χ0) is 21.3. The average Bonchev–Trinajstić information content (AvgIpc) is 3.31. The number of nitrogens with one attached hydrogen (secondary N) is 2. The number of ether oxygens (including phenoxy) is 2. The van der Waals surface area contributed by atoms with E-state index in [-0.39, 0.29) is 11.7 Å². The van der Waals surface area contributed by atoms with Crippen LogP contribution in [0.2, 0.25) is 0 Å². The molecule has 0 amide bonds. The van der Waals surface area contributed by atoms with Gasteiger partial charge in [0.2, 0.25) is 11.8 Å². The molecule has 4 rings (SSSR count). The molecule has 2 N–H and O–H groups in total. The van der Waals surface area contributed by atoms with Gasteiger partial charge >= 0.3 is 0 Å². The van der Waals surface area contributed by atoms with Crippen molar-refractivity contribution in [2.75, 3.05) is 26.1 Å². The molecule has 0 aliphatic heterocycles. The maximum absolute atomic E-state index is 12.8. The Hall–Kier alpha value is -3.41. The third-order valence-corrected chi connectivity index (χ3v) is 4.43. The van der Waals surface area contributed by atoms with Crippen molar-refractivity contribution in [1.82, 2.24) is 34.9 Å². The van der Waals surface area contributed by atoms with Crippen molar-refractivity contribution in [2.45, 2.75) is 25.9 Å². The molecule has 0 spiro atoms. The van der Waals surface area contributed by atoms with Gasteiger partial charge in [0, 0.05) is 24.9 Å². The standard InChI is InChI=1S/C18H20F2N8O2/c1-9(8-29-2)22-18-24-15-14(17(25-18)30-3)10(6-21-15)11-4-5-12-16(23-11)28(27-26-12)7-13(19)20/h4-6,9,13H,7-8H2,1-3H3,(H2,21,22,24,25)/t9-/m1/s1. The Kier molecular flexibility index (Phi) is 5.40. The van der Waals surface area contributed by atoms with Crippen molar-refractivity contribution in [3.05, 3.63) is 18.3 Å². The Morgan fingerprint density at radius 3 is 2.77 bits per heavy atom. The van der Waals surface area contributed by atoms with Crippen molar-refractivity contribution in [3.63, 3.8) is 0 Å². The predicted molar refractivity (Wildman–Crippen MR) is 106 cm³/mol. The van der Waals surface area contributed by atoms with Crippen molar-refractivity contribution >= 4 is 28.1 Å². The minimum atomic E-state index is -2.56. The van der Waals surface area contributed by atoms with Gasteiger partial charge in [0.1, 0.15) is 17.7 Å². The molecular weight excluding hydrogens is 398 g/mol. The Bertz CT molecular complexity index is 1180. The summed E-state index contributed by atoms with van der Waals surface area (Å²) in [5.41, 5.74) is 2.45. The fraction of sp³-hybridized carbons (Fsp3) is 0.389. The summed E-state index contributed by atoms with van der Waals surface area (Å²) in [4.78, 5) is 16.5. The van der Waals surface area contributed by atoms with Gasteiger partial charge in [-0.15, -0.1) is 5.10 Å². The second-order valence-corrected chi connectivity index (χ2v) is 6.69. The number of anilines is 1. The number of nitrogens with zero attached hydrogens (tertiary/aromatic N) is 6. The van der Waals surface area contributed by atoms with E-state index in [4.69, 9.17) is 9.47 Å². The molecule has 0 unspecified atom stereocenters. The van der Waals surface area contributed by atoms with E-state index >= 15 is 0 Å². The number of fused-ring (bicyclic) bond motifs is 2. The Labute approximate surface area is 169 Å². The minimum absolute atomic E-state index is 0.00159. The summed E-state index contributed by atoms with van der Waals surface area (Å²) in [6.45, 7) is 1.85. The Morgan fingerprint density at radius 1 is 1.20 bits per heavy atom. The van der Waals surface area contributed by atoms with Gasteiger partial charge in [0.05, 0.1) is 24.8 Å². The molecule has 0 aliphatic rings. The number of aromatic amines is 1. The highest BCUT2D eigenvalue weighted by molar-refractivity contribution is 5.97. The Balaban J connectivity index is 1.77. The van der Waals surface area contributed by atoms with E-state index in [0.29, 0.717) is 46.2 Å². The number of halogens is 2. The zero-order valence-corrected chi connectivity index (χ0v) is 16.6. The third-order valence-electron chi connectivity index (χ3n) is 4.43. The number of methoxy groups -OCH3 is 2. The molecule has 0 radical (unpaired) electrons. The summed E-state index contributed by atoms with van der Waals surface area (Å²) >= 11 is 0. The topological polar surface area (TPSA) is 116 Å². The normalized spacial score (nSPS) is 12.7. The number of H-pyrrole nitrogens is 1. The highest BCUT2D eigenvalue weighted by Crippen LogP contribution is 2.34. The lowest BCUT2D eigenvalue weighted by Crippen LogP contribution is -2.22. The average molecular weight is 418 g/mol. The molecule has 12 heteroatoms. The van der Waals surface area contributed by atoms with E-state index in [1.807, 2.05) is 6.92 Å². The van der Waals surface area contributed by atoms with Crippen molar-refractivity contribution in [3.8, 4) is 17.1 Å². The van der Waals surface area contributed by atoms with Crippen LogP contribution < -0.4 is 10.1 Å². The quantitative estimate of drug-likeness (QED) is 0.448. The number of hydrogen-bond acceptors (Lipinski definition) is 8. The fourth-order valence-electron chi connectivity index (χ4n) is 3.18. The van der Waals surface area contributed by atoms with Crippen LogP contribution >= 0.6 is 0 Å². The molecule has 0 fully saturated rings. The second-order valence-electron chi connectivity index (χ2n) is 6.69. The summed E-state index contributed by atoms with van der Waals surface area (Å²) in [6, 6.07) is 3.41. The van der Waals surface area contributed by atoms with Gasteiger partial charge in [-0.25, -0.2) is 18.4 Å². The van der Waals surface area contributed by atoms with E-state index in [0.717, 1.165) is 4.68 Å². The summed E-state index contributed by atoms with van der Waals surface area (Å²) in [6.07, 6.45) is -0.840. The monoisotopic (exact) mass is 418 g/mol. The van der Waals surface area contributed by atoms with E-state index in [2.05, 4.69) is 35.6 Å². The number of rotatable bonds is 8. The van der Waals surface area contributed by atoms with Gasteiger partial charge in [0.15, 0.2) is 5.65 Å². The van der Waals surface area contributed by atoms with Gasteiger partial charge in [-0.05, 0) is 19.1 Å². The van der Waals surface area contributed by atoms with E-state index < -0.39 is 13.0 Å². The van der Waals surface area contributed by atoms with Gasteiger partial charge in [0.25, 0.3) is 6.43 Å². The fourth-order valence-corrected chi connectivity index (χ4v) is 3.18. The van der Waals surface area contributed by atoms with Crippen molar-refractivity contribution < 1.29 is 18.3 Å². The highest BCUT2D eigenvalue weighted by Gasteiger charge is 2.19. The van der Waals surface area contributed by atoms with Crippen LogP contribution in [0.5, 0.6) is 5.88 Å². The Morgan fingerprint density at radius 2 is 2.03 bits per heavy atom. The highest BCUT2D eigenvalue weighted by atomic mass is 19.3. The molecule has 0 aliphatic carbocycles. The van der Waals surface area contributed by atoms with Crippen LogP contribution in [0, 0.1) is 0 Å². The van der Waals surface area contributed by atoms with Gasteiger partial charge in [-0.1, -0.05) is 5.21 Å². The molecule has 0 saturated heterocycles. The molecule has 4 aromatic rings. The molecule has 10 nitrogen and oxygen atoms in total. The van der Waals surface area contributed by atoms with Crippen LogP contribution in [0.3, 0.4) is 0 Å². The molecular formula is C18H20F2N8O2. The molecule has 30 heavy (non-hydrogen) atoms. The van der Waals surface area contributed by atoms with Crippen LogP contribution in [-0.2, 0) is 11.3 Å². The molecule has 0 aromatic carbocycles. The first-order valence-electron chi connectivity index (χ1n) is 9.17. The summed E-state index contributed by atoms with van der Waals surface area (Å²) < 4.78 is 37.3. The molecule has 0 saturated carbocycles. The first kappa shape index (κ1) is 19.9. The molecule has 4 heterocycles. The number of alkyl halides is 2. The lowest BCUT2D eigenvalue weighted by molar-refractivity contribution is 0.122. The third kappa shape index (κ3) is 3.73. The van der Waals surface area contributed by atoms with Crippen LogP contribution in [-0.4, -0.2) is 68.2 Å². The number of hydrogen-bond donors (Lipinski definition) is 2. The van der Waals surface area contributed by atoms with Crippen LogP contribution in [0.1, 0.15) is 6.92 Å². The van der Waals surface area contributed by atoms with Crippen LogP contribution in [0.15, 0.2) is 18.3 Å². The van der Waals surface area contributed by atoms with E-state index in [1.165, 1.54) is 7.11 Å². The number of pyridine rings is 1. The molecule has 158 valence electrons. The van der Waals surface area contributed by atoms with Crippen molar-refractivity contribution in [1.29, 1.82) is 0 Å². The van der Waals surface area contributed by atoms with Crippen molar-refractivity contribution in [2.24, 2.45) is 0 Å². The SMILES string of the molecule is COC[C@@H](C)Nc1nc(OC)c2c(-c3ccc4nnn(CC(F)F)c4n3)c[nH]c2n1. The summed E-state index contributed by atoms with van der Waals surface area (Å²) in [5.74, 6) is 0.740. The first-order valence-corrected chi connectivity index (χ1v) is 9.17. The number of aromatic nitrogens is 7. The minimum Gasteiger partial charge on any atom is -0.480 e. The maximum Gasteiger partial charge on any atom is 0.258 e. The van der Waals surface area contributed by atoms with E-state index in [9.17, 15) is 8.78 Å². The van der Waals surface area contributed by atoms with Gasteiger partial charge in [-0.3, -0.25) is 0 Å². The second kappa shape index (κ2) is 8.14.